The van der Waals surface area contributed by atoms with E-state index in [0.717, 1.165) is 0 Å². The standard InChI is InChI=1S/C26H35ClO9/c1-12-8-10-18(33-15(4)28)25(7)19(34-16(5)29)11-9-13(2)21(27)23-26(32,14(3)24(31)36-23)22(20(12)25)35-17(6)30/h9,11-12,14,18-23,32H,2,8,10H2,1,3-7H3/b11-9+/t12-,14+,18+,19-,20-,21-,22-,23+,25+,26-/m0/s1. The summed E-state index contributed by atoms with van der Waals surface area (Å²) in [4.78, 5) is 49.6. The number of aliphatic hydroxyl groups is 1. The Labute approximate surface area is 216 Å². The first-order chi connectivity index (χ1) is 16.6. The van der Waals surface area contributed by atoms with Gasteiger partial charge in [0.2, 0.25) is 0 Å². The molecule has 9 nitrogen and oxygen atoms in total. The van der Waals surface area contributed by atoms with E-state index in [4.69, 9.17) is 30.5 Å². The fraction of sp³-hybridized carbons (Fsp3) is 0.692. The molecule has 0 amide bonds. The van der Waals surface area contributed by atoms with Crippen LogP contribution in [-0.4, -0.2) is 64.4 Å². The third kappa shape index (κ3) is 4.67. The maximum absolute atomic E-state index is 12.8. The molecule has 10 atom stereocenters. The van der Waals surface area contributed by atoms with Crippen LogP contribution in [0, 0.1) is 23.2 Å². The summed E-state index contributed by atoms with van der Waals surface area (Å²) in [5, 5.41) is 11.2. The Hall–Kier alpha value is -2.39. The zero-order chi connectivity index (χ0) is 27.2. The zero-order valence-corrected chi connectivity index (χ0v) is 22.2. The van der Waals surface area contributed by atoms with Gasteiger partial charge in [-0.2, -0.15) is 0 Å². The van der Waals surface area contributed by atoms with Crippen LogP contribution in [0.5, 0.6) is 0 Å². The van der Waals surface area contributed by atoms with Gasteiger partial charge in [-0.05, 0) is 37.3 Å². The van der Waals surface area contributed by atoms with Crippen LogP contribution in [-0.2, 0) is 38.1 Å². The van der Waals surface area contributed by atoms with Gasteiger partial charge < -0.3 is 24.1 Å². The molecule has 36 heavy (non-hydrogen) atoms. The van der Waals surface area contributed by atoms with Gasteiger partial charge in [-0.1, -0.05) is 26.5 Å². The largest absolute Gasteiger partial charge is 0.462 e. The van der Waals surface area contributed by atoms with Gasteiger partial charge in [0.15, 0.2) is 11.7 Å². The first-order valence-electron chi connectivity index (χ1n) is 12.1. The number of halogens is 1. The Bertz CT molecular complexity index is 976. The van der Waals surface area contributed by atoms with Crippen molar-refractivity contribution in [3.05, 3.63) is 24.3 Å². The first-order valence-corrected chi connectivity index (χ1v) is 12.5. The van der Waals surface area contributed by atoms with Crippen LogP contribution in [0.25, 0.3) is 0 Å². The number of carbonyl (C=O) groups excluding carboxylic acids is 4. The van der Waals surface area contributed by atoms with Gasteiger partial charge in [-0.25, -0.2) is 0 Å². The molecule has 2 fully saturated rings. The highest BCUT2D eigenvalue weighted by Crippen LogP contribution is 2.56. The number of allylic oxidation sites excluding steroid dienone is 1. The predicted molar refractivity (Wildman–Crippen MR) is 129 cm³/mol. The van der Waals surface area contributed by atoms with Crippen molar-refractivity contribution in [3.63, 3.8) is 0 Å². The molecule has 0 aromatic rings. The molecule has 1 heterocycles. The van der Waals surface area contributed by atoms with E-state index in [2.05, 4.69) is 6.58 Å². The van der Waals surface area contributed by atoms with E-state index >= 15 is 0 Å². The van der Waals surface area contributed by atoms with Crippen LogP contribution in [0.2, 0.25) is 0 Å². The lowest BCUT2D eigenvalue weighted by Gasteiger charge is -2.56. The van der Waals surface area contributed by atoms with E-state index in [1.807, 2.05) is 6.92 Å². The Morgan fingerprint density at radius 1 is 1.08 bits per heavy atom. The van der Waals surface area contributed by atoms with E-state index in [0.29, 0.717) is 12.8 Å². The molecule has 200 valence electrons. The number of fused-ring (bicyclic) bond motifs is 2. The summed E-state index contributed by atoms with van der Waals surface area (Å²) >= 11 is 6.68. The summed E-state index contributed by atoms with van der Waals surface area (Å²) in [6.07, 6.45) is -0.183. The average Bonchev–Trinajstić information content (AvgIpc) is 3.00. The van der Waals surface area contributed by atoms with Crippen molar-refractivity contribution in [1.82, 2.24) is 0 Å². The molecule has 1 saturated carbocycles. The lowest BCUT2D eigenvalue weighted by Crippen LogP contribution is -2.67. The number of hydrogen-bond donors (Lipinski definition) is 1. The average molecular weight is 527 g/mol. The molecule has 10 heteroatoms. The maximum atomic E-state index is 12.8. The fourth-order valence-corrected chi connectivity index (χ4v) is 6.59. The van der Waals surface area contributed by atoms with Gasteiger partial charge in [0.05, 0.1) is 16.7 Å². The quantitative estimate of drug-likeness (QED) is 0.335. The van der Waals surface area contributed by atoms with E-state index in [1.165, 1.54) is 27.7 Å². The van der Waals surface area contributed by atoms with E-state index in [-0.39, 0.29) is 11.5 Å². The minimum Gasteiger partial charge on any atom is -0.462 e. The monoisotopic (exact) mass is 526 g/mol. The molecule has 0 aromatic carbocycles. The molecule has 0 spiro atoms. The first kappa shape index (κ1) is 28.2. The van der Waals surface area contributed by atoms with E-state index in [9.17, 15) is 24.3 Å². The highest BCUT2D eigenvalue weighted by Gasteiger charge is 2.69. The van der Waals surface area contributed by atoms with Gasteiger partial charge in [0.1, 0.15) is 18.3 Å². The minimum absolute atomic E-state index is 0.221. The van der Waals surface area contributed by atoms with Gasteiger partial charge >= 0.3 is 23.9 Å². The summed E-state index contributed by atoms with van der Waals surface area (Å²) in [6.45, 7) is 12.9. The second-order valence-corrected chi connectivity index (χ2v) is 10.9. The molecule has 0 aromatic heterocycles. The van der Waals surface area contributed by atoms with Gasteiger partial charge in [-0.15, -0.1) is 11.6 Å². The van der Waals surface area contributed by atoms with Gasteiger partial charge in [0, 0.05) is 26.7 Å². The Morgan fingerprint density at radius 2 is 1.67 bits per heavy atom. The highest BCUT2D eigenvalue weighted by molar-refractivity contribution is 6.23. The second kappa shape index (κ2) is 10.2. The topological polar surface area (TPSA) is 125 Å². The number of ether oxygens (including phenoxy) is 4. The maximum Gasteiger partial charge on any atom is 0.312 e. The molecular weight excluding hydrogens is 492 g/mol. The normalized spacial score (nSPS) is 43.3. The lowest BCUT2D eigenvalue weighted by molar-refractivity contribution is -0.235. The SMILES string of the molecule is C=C1/C=C/[C@H](OC(C)=O)[C@]2(C)[C@@H]([C@@H](C)CC[C@H]2OC(C)=O)[C@H](OC(C)=O)[C@@]2(O)[C@H](C)C(=O)O[C@@H]2[C@H]1Cl. The van der Waals surface area contributed by atoms with Crippen molar-refractivity contribution in [2.24, 2.45) is 23.2 Å². The van der Waals surface area contributed by atoms with Crippen LogP contribution in [0.1, 0.15) is 54.4 Å². The number of esters is 4. The highest BCUT2D eigenvalue weighted by atomic mass is 35.5. The van der Waals surface area contributed by atoms with Crippen LogP contribution in [0.4, 0.5) is 0 Å². The van der Waals surface area contributed by atoms with Crippen LogP contribution in [0.3, 0.4) is 0 Å². The third-order valence-electron chi connectivity index (χ3n) is 8.05. The molecule has 2 aliphatic carbocycles. The Morgan fingerprint density at radius 3 is 2.22 bits per heavy atom. The number of carbonyl (C=O) groups is 4. The van der Waals surface area contributed by atoms with Crippen molar-refractivity contribution >= 4 is 35.5 Å². The third-order valence-corrected chi connectivity index (χ3v) is 8.56. The van der Waals surface area contributed by atoms with E-state index in [1.54, 1.807) is 19.1 Å². The lowest BCUT2D eigenvalue weighted by atomic mass is 9.53. The molecule has 3 rings (SSSR count). The Balaban J connectivity index is 2.37. The molecule has 0 bridgehead atoms. The second-order valence-electron chi connectivity index (χ2n) is 10.4. The van der Waals surface area contributed by atoms with Crippen molar-refractivity contribution in [2.45, 2.75) is 89.8 Å². The van der Waals surface area contributed by atoms with Crippen LogP contribution >= 0.6 is 11.6 Å². The fourth-order valence-electron chi connectivity index (χ4n) is 6.26. The van der Waals surface area contributed by atoms with E-state index < -0.39 is 76.5 Å². The summed E-state index contributed by atoms with van der Waals surface area (Å²) in [5.41, 5.74) is -2.95. The van der Waals surface area contributed by atoms with Crippen molar-refractivity contribution in [3.8, 4) is 0 Å². The number of rotatable bonds is 3. The zero-order valence-electron chi connectivity index (χ0n) is 21.5. The molecular formula is C26H35ClO9. The summed E-state index contributed by atoms with van der Waals surface area (Å²) in [6, 6.07) is 0. The summed E-state index contributed by atoms with van der Waals surface area (Å²) in [7, 11) is 0. The molecule has 1 N–H and O–H groups in total. The number of hydrogen-bond acceptors (Lipinski definition) is 9. The molecule has 0 unspecified atom stereocenters. The summed E-state index contributed by atoms with van der Waals surface area (Å²) < 4.78 is 22.9. The molecule has 3 aliphatic rings. The molecule has 1 aliphatic heterocycles. The Kier molecular flexibility index (Phi) is 7.96. The van der Waals surface area contributed by atoms with Crippen molar-refractivity contribution in [1.29, 1.82) is 0 Å². The van der Waals surface area contributed by atoms with Crippen molar-refractivity contribution in [2.75, 3.05) is 0 Å². The molecule has 0 radical (unpaired) electrons. The minimum atomic E-state index is -2.05. The number of alkyl halides is 1. The summed E-state index contributed by atoms with van der Waals surface area (Å²) in [5.74, 6) is -4.57. The predicted octanol–water partition coefficient (Wildman–Crippen LogP) is 2.86. The van der Waals surface area contributed by atoms with Gasteiger partial charge in [-0.3, -0.25) is 19.2 Å². The molecule has 1 saturated heterocycles. The van der Waals surface area contributed by atoms with Crippen LogP contribution < -0.4 is 0 Å². The van der Waals surface area contributed by atoms with Gasteiger partial charge in [0.25, 0.3) is 0 Å². The van der Waals surface area contributed by atoms with Crippen molar-refractivity contribution < 1.29 is 43.2 Å². The van der Waals surface area contributed by atoms with Crippen LogP contribution in [0.15, 0.2) is 24.3 Å². The smallest absolute Gasteiger partial charge is 0.312 e.